The third-order valence-electron chi connectivity index (χ3n) is 3.57. The van der Waals surface area contributed by atoms with Crippen LogP contribution in [-0.4, -0.2) is 76.1 Å². The SMILES string of the molecule is COCCN(CC1CCCN1)C(=O)C1COCCO1. The number of ether oxygens (including phenoxy) is 3. The second-order valence-corrected chi connectivity index (χ2v) is 5.00. The number of methoxy groups -OCH3 is 1. The summed E-state index contributed by atoms with van der Waals surface area (Å²) in [5.41, 5.74) is 0. The van der Waals surface area contributed by atoms with Gasteiger partial charge >= 0.3 is 0 Å². The van der Waals surface area contributed by atoms with Gasteiger partial charge < -0.3 is 24.4 Å². The second-order valence-electron chi connectivity index (χ2n) is 5.00. The molecule has 2 heterocycles. The maximum absolute atomic E-state index is 12.4. The van der Waals surface area contributed by atoms with E-state index in [0.29, 0.717) is 39.0 Å². The largest absolute Gasteiger partial charge is 0.383 e. The van der Waals surface area contributed by atoms with Crippen molar-refractivity contribution in [1.82, 2.24) is 10.2 Å². The Morgan fingerprint density at radius 2 is 2.37 bits per heavy atom. The summed E-state index contributed by atoms with van der Waals surface area (Å²) in [4.78, 5) is 14.3. The normalized spacial score (nSPS) is 27.4. The van der Waals surface area contributed by atoms with Crippen molar-refractivity contribution in [3.8, 4) is 0 Å². The van der Waals surface area contributed by atoms with Gasteiger partial charge in [0, 0.05) is 26.2 Å². The van der Waals surface area contributed by atoms with Gasteiger partial charge in [0.2, 0.25) is 0 Å². The maximum atomic E-state index is 12.4. The average Bonchev–Trinajstić information content (AvgIpc) is 2.96. The quantitative estimate of drug-likeness (QED) is 0.715. The van der Waals surface area contributed by atoms with Gasteiger partial charge in [-0.2, -0.15) is 0 Å². The van der Waals surface area contributed by atoms with E-state index in [1.807, 2.05) is 4.90 Å². The Kier molecular flexibility index (Phi) is 6.03. The van der Waals surface area contributed by atoms with Crippen LogP contribution in [0.4, 0.5) is 0 Å². The molecule has 19 heavy (non-hydrogen) atoms. The fraction of sp³-hybridized carbons (Fsp3) is 0.923. The summed E-state index contributed by atoms with van der Waals surface area (Å²) in [6, 6.07) is 0.394. The molecule has 0 radical (unpaired) electrons. The van der Waals surface area contributed by atoms with Gasteiger partial charge in [0.05, 0.1) is 26.4 Å². The van der Waals surface area contributed by atoms with Crippen LogP contribution in [0.15, 0.2) is 0 Å². The van der Waals surface area contributed by atoms with Crippen LogP contribution >= 0.6 is 0 Å². The molecule has 2 fully saturated rings. The lowest BCUT2D eigenvalue weighted by atomic mass is 10.2. The van der Waals surface area contributed by atoms with Crippen LogP contribution in [0.25, 0.3) is 0 Å². The van der Waals surface area contributed by atoms with Crippen LogP contribution in [0.5, 0.6) is 0 Å². The molecular weight excluding hydrogens is 248 g/mol. The van der Waals surface area contributed by atoms with Crippen LogP contribution < -0.4 is 5.32 Å². The van der Waals surface area contributed by atoms with Gasteiger partial charge in [0.1, 0.15) is 0 Å². The van der Waals surface area contributed by atoms with Crippen molar-refractivity contribution < 1.29 is 19.0 Å². The molecule has 0 spiro atoms. The number of carbonyl (C=O) groups is 1. The third-order valence-corrected chi connectivity index (χ3v) is 3.57. The minimum atomic E-state index is -0.452. The lowest BCUT2D eigenvalue weighted by molar-refractivity contribution is -0.158. The lowest BCUT2D eigenvalue weighted by Gasteiger charge is -2.31. The molecule has 1 N–H and O–H groups in total. The van der Waals surface area contributed by atoms with Crippen molar-refractivity contribution in [2.45, 2.75) is 25.0 Å². The van der Waals surface area contributed by atoms with Gasteiger partial charge in [-0.05, 0) is 19.4 Å². The predicted molar refractivity (Wildman–Crippen MR) is 70.0 cm³/mol. The zero-order chi connectivity index (χ0) is 13.5. The van der Waals surface area contributed by atoms with E-state index in [4.69, 9.17) is 14.2 Å². The Bertz CT molecular complexity index is 276. The number of nitrogens with one attached hydrogen (secondary N) is 1. The highest BCUT2D eigenvalue weighted by Crippen LogP contribution is 2.10. The predicted octanol–water partition coefficient (Wildman–Crippen LogP) is -0.371. The number of rotatable bonds is 6. The molecule has 2 saturated heterocycles. The Balaban J connectivity index is 1.88. The van der Waals surface area contributed by atoms with Crippen molar-refractivity contribution in [2.75, 3.05) is 53.2 Å². The van der Waals surface area contributed by atoms with Crippen molar-refractivity contribution in [3.05, 3.63) is 0 Å². The number of carbonyl (C=O) groups excluding carboxylic acids is 1. The van der Waals surface area contributed by atoms with E-state index < -0.39 is 6.10 Å². The van der Waals surface area contributed by atoms with Crippen molar-refractivity contribution in [1.29, 1.82) is 0 Å². The molecule has 0 aromatic heterocycles. The molecule has 6 nitrogen and oxygen atoms in total. The van der Waals surface area contributed by atoms with Crippen LogP contribution in [0.1, 0.15) is 12.8 Å². The van der Waals surface area contributed by atoms with Gasteiger partial charge in [-0.25, -0.2) is 0 Å². The van der Waals surface area contributed by atoms with Crippen molar-refractivity contribution in [3.63, 3.8) is 0 Å². The Morgan fingerprint density at radius 3 is 3.00 bits per heavy atom. The summed E-state index contributed by atoms with van der Waals surface area (Å²) in [5.74, 6) is 0.0189. The number of hydrogen-bond donors (Lipinski definition) is 1. The molecule has 2 aliphatic heterocycles. The molecule has 6 heteroatoms. The average molecular weight is 272 g/mol. The molecule has 2 atom stereocenters. The van der Waals surface area contributed by atoms with Crippen LogP contribution in [0.2, 0.25) is 0 Å². The van der Waals surface area contributed by atoms with E-state index >= 15 is 0 Å². The molecule has 2 aliphatic rings. The summed E-state index contributed by atoms with van der Waals surface area (Å²) >= 11 is 0. The van der Waals surface area contributed by atoms with Gasteiger partial charge in [0.25, 0.3) is 5.91 Å². The van der Waals surface area contributed by atoms with Crippen LogP contribution in [0, 0.1) is 0 Å². The minimum Gasteiger partial charge on any atom is -0.383 e. The minimum absolute atomic E-state index is 0.0189. The van der Waals surface area contributed by atoms with Crippen LogP contribution in [-0.2, 0) is 19.0 Å². The molecule has 0 saturated carbocycles. The van der Waals surface area contributed by atoms with Gasteiger partial charge in [-0.15, -0.1) is 0 Å². The second kappa shape index (κ2) is 7.79. The molecule has 0 aromatic rings. The summed E-state index contributed by atoms with van der Waals surface area (Å²) in [5, 5.41) is 3.41. The molecular formula is C13H24N2O4. The van der Waals surface area contributed by atoms with Gasteiger partial charge in [-0.3, -0.25) is 4.79 Å². The lowest BCUT2D eigenvalue weighted by Crippen LogP contribution is -2.50. The summed E-state index contributed by atoms with van der Waals surface area (Å²) < 4.78 is 15.9. The number of amides is 1. The standard InChI is InChI=1S/C13H24N2O4/c1-17-6-5-15(9-11-3-2-4-14-11)13(16)12-10-18-7-8-19-12/h11-12,14H,2-10H2,1H3. The van der Waals surface area contributed by atoms with E-state index in [9.17, 15) is 4.79 Å². The van der Waals surface area contributed by atoms with Crippen molar-refractivity contribution >= 4 is 5.91 Å². The highest BCUT2D eigenvalue weighted by Gasteiger charge is 2.29. The van der Waals surface area contributed by atoms with E-state index in [1.165, 1.54) is 6.42 Å². The molecule has 0 bridgehead atoms. The first-order valence-corrected chi connectivity index (χ1v) is 7.01. The summed E-state index contributed by atoms with van der Waals surface area (Å²) in [6.07, 6.45) is 1.85. The smallest absolute Gasteiger partial charge is 0.254 e. The summed E-state index contributed by atoms with van der Waals surface area (Å²) in [6.45, 7) is 4.35. The topological polar surface area (TPSA) is 60.0 Å². The zero-order valence-corrected chi connectivity index (χ0v) is 11.6. The zero-order valence-electron chi connectivity index (χ0n) is 11.6. The van der Waals surface area contributed by atoms with E-state index in [2.05, 4.69) is 5.32 Å². The summed E-state index contributed by atoms with van der Waals surface area (Å²) in [7, 11) is 1.65. The fourth-order valence-corrected chi connectivity index (χ4v) is 2.51. The Labute approximate surface area is 114 Å². The van der Waals surface area contributed by atoms with E-state index in [1.54, 1.807) is 7.11 Å². The fourth-order valence-electron chi connectivity index (χ4n) is 2.51. The first-order valence-electron chi connectivity index (χ1n) is 7.01. The first kappa shape index (κ1) is 14.7. The van der Waals surface area contributed by atoms with Crippen molar-refractivity contribution in [2.24, 2.45) is 0 Å². The Morgan fingerprint density at radius 1 is 1.47 bits per heavy atom. The van der Waals surface area contributed by atoms with E-state index in [0.717, 1.165) is 19.5 Å². The molecule has 110 valence electrons. The highest BCUT2D eigenvalue weighted by molar-refractivity contribution is 5.81. The van der Waals surface area contributed by atoms with E-state index in [-0.39, 0.29) is 5.91 Å². The molecule has 0 aliphatic carbocycles. The monoisotopic (exact) mass is 272 g/mol. The number of nitrogens with zero attached hydrogens (tertiary/aromatic N) is 1. The molecule has 0 aromatic carbocycles. The molecule has 2 rings (SSSR count). The van der Waals surface area contributed by atoms with Crippen LogP contribution in [0.3, 0.4) is 0 Å². The Hall–Kier alpha value is -0.690. The maximum Gasteiger partial charge on any atom is 0.254 e. The molecule has 1 amide bonds. The third kappa shape index (κ3) is 4.42. The van der Waals surface area contributed by atoms with Gasteiger partial charge in [0.15, 0.2) is 6.10 Å². The first-order chi connectivity index (χ1) is 9.31. The molecule has 2 unspecified atom stereocenters. The highest BCUT2D eigenvalue weighted by atomic mass is 16.6. The number of hydrogen-bond acceptors (Lipinski definition) is 5. The van der Waals surface area contributed by atoms with Gasteiger partial charge in [-0.1, -0.05) is 0 Å².